The van der Waals surface area contributed by atoms with Gasteiger partial charge in [0.15, 0.2) is 6.04 Å². The van der Waals surface area contributed by atoms with Crippen LogP contribution in [0.25, 0.3) is 5.69 Å². The van der Waals surface area contributed by atoms with Crippen molar-refractivity contribution < 1.29 is 19.4 Å². The van der Waals surface area contributed by atoms with Gasteiger partial charge in [-0.25, -0.2) is 14.3 Å². The number of hydrogen-bond acceptors (Lipinski definition) is 4. The molecule has 1 heterocycles. The average molecular weight is 345 g/mol. The number of carboxylic acids is 1. The fourth-order valence-electron chi connectivity index (χ4n) is 2.39. The van der Waals surface area contributed by atoms with Crippen molar-refractivity contribution in [1.82, 2.24) is 14.7 Å². The number of nitrogens with zero attached hydrogens (tertiary/aromatic N) is 3. The van der Waals surface area contributed by atoms with Gasteiger partial charge < -0.3 is 9.84 Å². The van der Waals surface area contributed by atoms with Gasteiger partial charge in [0.1, 0.15) is 5.60 Å². The van der Waals surface area contributed by atoms with E-state index < -0.39 is 23.7 Å². The first-order chi connectivity index (χ1) is 11.7. The predicted octanol–water partition coefficient (Wildman–Crippen LogP) is 3.26. The Hall–Kier alpha value is -2.83. The third kappa shape index (κ3) is 4.59. The molecule has 0 bridgehead atoms. The van der Waals surface area contributed by atoms with E-state index in [0.29, 0.717) is 5.56 Å². The molecule has 1 N–H and O–H groups in total. The lowest BCUT2D eigenvalue weighted by Crippen LogP contribution is -2.42. The number of aromatic nitrogens is 2. The maximum Gasteiger partial charge on any atom is 0.411 e. The molecule has 0 radical (unpaired) electrons. The van der Waals surface area contributed by atoms with Crippen LogP contribution in [0, 0.1) is 0 Å². The van der Waals surface area contributed by atoms with Gasteiger partial charge in [-0.1, -0.05) is 18.2 Å². The second kappa shape index (κ2) is 7.38. The Kier molecular flexibility index (Phi) is 5.46. The Bertz CT molecular complexity index is 734. The fraction of sp³-hybridized carbons (Fsp3) is 0.389. The van der Waals surface area contributed by atoms with E-state index in [0.717, 1.165) is 5.69 Å². The lowest BCUT2D eigenvalue weighted by atomic mass is 10.1. The van der Waals surface area contributed by atoms with E-state index in [1.165, 1.54) is 11.1 Å². The van der Waals surface area contributed by atoms with Gasteiger partial charge >= 0.3 is 12.1 Å². The summed E-state index contributed by atoms with van der Waals surface area (Å²) < 4.78 is 6.91. The molecule has 1 aromatic carbocycles. The molecule has 0 aliphatic rings. The largest absolute Gasteiger partial charge is 0.479 e. The molecule has 134 valence electrons. The van der Waals surface area contributed by atoms with E-state index in [1.54, 1.807) is 38.6 Å². The second-order valence-corrected chi connectivity index (χ2v) is 6.56. The van der Waals surface area contributed by atoms with Crippen LogP contribution < -0.4 is 0 Å². The number of carbonyl (C=O) groups excluding carboxylic acids is 1. The molecule has 0 aliphatic heterocycles. The minimum Gasteiger partial charge on any atom is -0.479 e. The van der Waals surface area contributed by atoms with Crippen LogP contribution in [0.15, 0.2) is 42.7 Å². The lowest BCUT2D eigenvalue weighted by molar-refractivity contribution is -0.143. The second-order valence-electron chi connectivity index (χ2n) is 6.56. The highest BCUT2D eigenvalue weighted by Crippen LogP contribution is 2.24. The summed E-state index contributed by atoms with van der Waals surface area (Å²) in [5.41, 5.74) is 0.504. The summed E-state index contributed by atoms with van der Waals surface area (Å²) >= 11 is 0. The summed E-state index contributed by atoms with van der Waals surface area (Å²) in [5, 5.41) is 13.9. The van der Waals surface area contributed by atoms with E-state index in [9.17, 15) is 14.7 Å². The highest BCUT2D eigenvalue weighted by Gasteiger charge is 2.34. The number of carboxylic acid groups (broad SMARTS) is 1. The minimum absolute atomic E-state index is 0.197. The molecular formula is C18H23N3O4. The maximum atomic E-state index is 12.4. The van der Waals surface area contributed by atoms with E-state index in [2.05, 4.69) is 5.10 Å². The van der Waals surface area contributed by atoms with Crippen LogP contribution in [0.5, 0.6) is 0 Å². The number of benzene rings is 1. The summed E-state index contributed by atoms with van der Waals surface area (Å²) in [6.45, 7) is 7.12. The normalized spacial score (nSPS) is 12.5. The van der Waals surface area contributed by atoms with Crippen LogP contribution >= 0.6 is 0 Å². The fourth-order valence-corrected chi connectivity index (χ4v) is 2.39. The molecule has 0 aliphatic carbocycles. The van der Waals surface area contributed by atoms with Gasteiger partial charge in [0.25, 0.3) is 0 Å². The summed E-state index contributed by atoms with van der Waals surface area (Å²) in [5.74, 6) is -1.14. The lowest BCUT2D eigenvalue weighted by Gasteiger charge is -2.30. The Balaban J connectivity index is 2.32. The number of carbonyl (C=O) groups is 2. The number of para-hydroxylation sites is 1. The molecule has 0 saturated heterocycles. The molecule has 0 fully saturated rings. The van der Waals surface area contributed by atoms with Crippen molar-refractivity contribution in [2.24, 2.45) is 0 Å². The van der Waals surface area contributed by atoms with E-state index in [1.807, 2.05) is 30.3 Å². The highest BCUT2D eigenvalue weighted by atomic mass is 16.6. The minimum atomic E-state index is -1.17. The zero-order valence-electron chi connectivity index (χ0n) is 14.8. The van der Waals surface area contributed by atoms with Gasteiger partial charge in [0.2, 0.25) is 0 Å². The van der Waals surface area contributed by atoms with Crippen LogP contribution in [0.1, 0.15) is 39.3 Å². The number of rotatable bonds is 5. The summed E-state index contributed by atoms with van der Waals surface area (Å²) in [7, 11) is 0. The Labute approximate surface area is 146 Å². The number of likely N-dealkylation sites (N-methyl/N-ethyl adjacent to an activating group) is 1. The van der Waals surface area contributed by atoms with Gasteiger partial charge in [-0.2, -0.15) is 5.10 Å². The number of ether oxygens (including phenoxy) is 1. The zero-order chi connectivity index (χ0) is 18.6. The van der Waals surface area contributed by atoms with Crippen LogP contribution in [0.3, 0.4) is 0 Å². The topological polar surface area (TPSA) is 84.7 Å². The Morgan fingerprint density at radius 1 is 1.28 bits per heavy atom. The Morgan fingerprint density at radius 3 is 2.44 bits per heavy atom. The molecule has 0 spiro atoms. The molecule has 0 saturated carbocycles. The molecule has 7 nitrogen and oxygen atoms in total. The highest BCUT2D eigenvalue weighted by molar-refractivity contribution is 5.81. The van der Waals surface area contributed by atoms with Gasteiger partial charge in [0, 0.05) is 18.3 Å². The molecule has 25 heavy (non-hydrogen) atoms. The van der Waals surface area contributed by atoms with Gasteiger partial charge in [0.05, 0.1) is 11.9 Å². The Morgan fingerprint density at radius 2 is 1.92 bits per heavy atom. The average Bonchev–Trinajstić information content (AvgIpc) is 3.00. The van der Waals surface area contributed by atoms with Crippen molar-refractivity contribution in [2.75, 3.05) is 6.54 Å². The van der Waals surface area contributed by atoms with Crippen molar-refractivity contribution in [3.63, 3.8) is 0 Å². The van der Waals surface area contributed by atoms with Crippen LogP contribution in [-0.4, -0.2) is 44.0 Å². The van der Waals surface area contributed by atoms with Gasteiger partial charge in [-0.05, 0) is 39.8 Å². The smallest absolute Gasteiger partial charge is 0.411 e. The number of aliphatic carboxylic acids is 1. The molecule has 2 rings (SSSR count). The molecule has 2 aromatic rings. The molecule has 1 amide bonds. The van der Waals surface area contributed by atoms with Gasteiger partial charge in [-0.3, -0.25) is 4.90 Å². The zero-order valence-corrected chi connectivity index (χ0v) is 14.8. The summed E-state index contributed by atoms with van der Waals surface area (Å²) in [6, 6.07) is 8.16. The van der Waals surface area contributed by atoms with Gasteiger partial charge in [-0.15, -0.1) is 0 Å². The van der Waals surface area contributed by atoms with Crippen molar-refractivity contribution >= 4 is 12.1 Å². The molecule has 1 unspecified atom stereocenters. The third-order valence-corrected chi connectivity index (χ3v) is 3.45. The summed E-state index contributed by atoms with van der Waals surface area (Å²) in [4.78, 5) is 25.4. The molecular weight excluding hydrogens is 322 g/mol. The van der Waals surface area contributed by atoms with E-state index in [4.69, 9.17) is 4.74 Å². The molecule has 1 aromatic heterocycles. The maximum absolute atomic E-state index is 12.4. The predicted molar refractivity (Wildman–Crippen MR) is 92.6 cm³/mol. The first-order valence-corrected chi connectivity index (χ1v) is 8.05. The van der Waals surface area contributed by atoms with Crippen LogP contribution in [0.4, 0.5) is 4.79 Å². The molecule has 7 heteroatoms. The van der Waals surface area contributed by atoms with Crippen molar-refractivity contribution in [2.45, 2.75) is 39.3 Å². The van der Waals surface area contributed by atoms with Crippen LogP contribution in [-0.2, 0) is 9.53 Å². The van der Waals surface area contributed by atoms with Crippen molar-refractivity contribution in [3.8, 4) is 5.69 Å². The first kappa shape index (κ1) is 18.5. The SMILES string of the molecule is CCN(C(=O)OC(C)(C)C)C(C(=O)O)c1cnn(-c2ccccc2)c1. The van der Waals surface area contributed by atoms with Crippen LogP contribution in [0.2, 0.25) is 0 Å². The van der Waals surface area contributed by atoms with E-state index in [-0.39, 0.29) is 6.54 Å². The first-order valence-electron chi connectivity index (χ1n) is 8.05. The van der Waals surface area contributed by atoms with E-state index >= 15 is 0 Å². The van der Waals surface area contributed by atoms with Crippen molar-refractivity contribution in [3.05, 3.63) is 48.3 Å². The number of hydrogen-bond donors (Lipinski definition) is 1. The molecule has 1 atom stereocenters. The summed E-state index contributed by atoms with van der Waals surface area (Å²) in [6.07, 6.45) is 2.40. The van der Waals surface area contributed by atoms with Crippen molar-refractivity contribution in [1.29, 1.82) is 0 Å². The quantitative estimate of drug-likeness (QED) is 0.899. The monoisotopic (exact) mass is 345 g/mol. The number of amides is 1. The third-order valence-electron chi connectivity index (χ3n) is 3.45. The standard InChI is InChI=1S/C18H23N3O4/c1-5-20(17(24)25-18(2,3)4)15(16(22)23)13-11-19-21(12-13)14-9-7-6-8-10-14/h6-12,15H,5H2,1-4H3,(H,22,23).